The second-order valence-corrected chi connectivity index (χ2v) is 3.96. The van der Waals surface area contributed by atoms with Crippen molar-refractivity contribution in [3.05, 3.63) is 46.2 Å². The predicted molar refractivity (Wildman–Crippen MR) is 64.4 cm³/mol. The molecule has 2 rings (SSSR count). The van der Waals surface area contributed by atoms with Gasteiger partial charge in [0.05, 0.1) is 5.56 Å². The van der Waals surface area contributed by atoms with Crippen LogP contribution in [0.4, 0.5) is 0 Å². The van der Waals surface area contributed by atoms with Crippen LogP contribution in [0.2, 0.25) is 10.3 Å². The summed E-state index contributed by atoms with van der Waals surface area (Å²) in [6.45, 7) is 0. The van der Waals surface area contributed by atoms with Gasteiger partial charge in [-0.2, -0.15) is 0 Å². The fourth-order valence-electron chi connectivity index (χ4n) is 1.38. The summed E-state index contributed by atoms with van der Waals surface area (Å²) in [5.41, 5.74) is 0.482. The SMILES string of the molecule is O=C(O)c1ccccc1-c1nc(Cl)cc(Cl)n1. The number of benzene rings is 1. The van der Waals surface area contributed by atoms with Gasteiger partial charge >= 0.3 is 5.97 Å². The van der Waals surface area contributed by atoms with Crippen molar-refractivity contribution in [2.24, 2.45) is 0 Å². The molecule has 1 heterocycles. The summed E-state index contributed by atoms with van der Waals surface area (Å²) in [6.07, 6.45) is 0. The molecule has 1 aromatic heterocycles. The fourth-order valence-corrected chi connectivity index (χ4v) is 1.80. The van der Waals surface area contributed by atoms with Crippen LogP contribution in [-0.2, 0) is 0 Å². The molecule has 0 radical (unpaired) electrons. The Morgan fingerprint density at radius 2 is 1.71 bits per heavy atom. The fraction of sp³-hybridized carbons (Fsp3) is 0. The van der Waals surface area contributed by atoms with E-state index >= 15 is 0 Å². The number of aromatic nitrogens is 2. The number of hydrogen-bond donors (Lipinski definition) is 1. The van der Waals surface area contributed by atoms with Crippen molar-refractivity contribution in [1.82, 2.24) is 9.97 Å². The topological polar surface area (TPSA) is 63.1 Å². The predicted octanol–water partition coefficient (Wildman–Crippen LogP) is 3.15. The highest BCUT2D eigenvalue weighted by Crippen LogP contribution is 2.23. The van der Waals surface area contributed by atoms with E-state index in [4.69, 9.17) is 28.3 Å². The van der Waals surface area contributed by atoms with E-state index < -0.39 is 5.97 Å². The lowest BCUT2D eigenvalue weighted by Crippen LogP contribution is -2.01. The maximum atomic E-state index is 11.0. The van der Waals surface area contributed by atoms with Gasteiger partial charge in [0.15, 0.2) is 5.82 Å². The molecule has 0 saturated carbocycles. The molecule has 0 bridgehead atoms. The number of halogens is 2. The molecule has 0 aliphatic heterocycles. The van der Waals surface area contributed by atoms with Crippen LogP contribution in [0.3, 0.4) is 0 Å². The molecule has 1 N–H and O–H groups in total. The maximum Gasteiger partial charge on any atom is 0.336 e. The second-order valence-electron chi connectivity index (χ2n) is 3.19. The minimum absolute atomic E-state index is 0.103. The van der Waals surface area contributed by atoms with E-state index in [2.05, 4.69) is 9.97 Å². The van der Waals surface area contributed by atoms with Gasteiger partial charge in [-0.25, -0.2) is 14.8 Å². The van der Waals surface area contributed by atoms with Crippen LogP contribution < -0.4 is 0 Å². The first-order valence-corrected chi connectivity index (χ1v) is 5.36. The number of aromatic carboxylic acids is 1. The molecule has 17 heavy (non-hydrogen) atoms. The van der Waals surface area contributed by atoms with Crippen molar-refractivity contribution in [1.29, 1.82) is 0 Å². The molecule has 0 spiro atoms. The molecule has 6 heteroatoms. The van der Waals surface area contributed by atoms with E-state index in [1.807, 2.05) is 0 Å². The summed E-state index contributed by atoms with van der Waals surface area (Å²) in [6, 6.07) is 7.77. The third-order valence-electron chi connectivity index (χ3n) is 2.06. The molecule has 86 valence electrons. The van der Waals surface area contributed by atoms with Crippen LogP contribution in [0.1, 0.15) is 10.4 Å². The standard InChI is InChI=1S/C11H6Cl2N2O2/c12-8-5-9(13)15-10(14-8)6-3-1-2-4-7(6)11(16)17/h1-5H,(H,16,17). The van der Waals surface area contributed by atoms with Gasteiger partial charge in [-0.1, -0.05) is 41.4 Å². The molecule has 0 saturated heterocycles. The largest absolute Gasteiger partial charge is 0.478 e. The molecule has 4 nitrogen and oxygen atoms in total. The van der Waals surface area contributed by atoms with Crippen molar-refractivity contribution in [3.63, 3.8) is 0 Å². The zero-order valence-electron chi connectivity index (χ0n) is 8.39. The summed E-state index contributed by atoms with van der Waals surface area (Å²) >= 11 is 11.5. The van der Waals surface area contributed by atoms with Crippen LogP contribution >= 0.6 is 23.2 Å². The van der Waals surface area contributed by atoms with Crippen LogP contribution in [-0.4, -0.2) is 21.0 Å². The van der Waals surface area contributed by atoms with Crippen molar-refractivity contribution in [2.45, 2.75) is 0 Å². The Kier molecular flexibility index (Phi) is 3.26. The van der Waals surface area contributed by atoms with Crippen molar-refractivity contribution in [3.8, 4) is 11.4 Å². The molecule has 0 aliphatic carbocycles. The van der Waals surface area contributed by atoms with Gasteiger partial charge in [0, 0.05) is 11.6 Å². The lowest BCUT2D eigenvalue weighted by atomic mass is 10.1. The highest BCUT2D eigenvalue weighted by molar-refractivity contribution is 6.33. The van der Waals surface area contributed by atoms with Crippen molar-refractivity contribution < 1.29 is 9.90 Å². The van der Waals surface area contributed by atoms with Gasteiger partial charge in [0.1, 0.15) is 10.3 Å². The summed E-state index contributed by atoms with van der Waals surface area (Å²) in [5.74, 6) is -0.860. The molecule has 1 aromatic carbocycles. The average Bonchev–Trinajstić information content (AvgIpc) is 2.27. The van der Waals surface area contributed by atoms with E-state index in [0.29, 0.717) is 5.56 Å². The van der Waals surface area contributed by atoms with E-state index in [-0.39, 0.29) is 21.7 Å². The lowest BCUT2D eigenvalue weighted by Gasteiger charge is -2.04. The van der Waals surface area contributed by atoms with Gasteiger partial charge in [-0.05, 0) is 6.07 Å². The Hall–Kier alpha value is -1.65. The number of hydrogen-bond acceptors (Lipinski definition) is 3. The second kappa shape index (κ2) is 4.69. The highest BCUT2D eigenvalue weighted by atomic mass is 35.5. The summed E-state index contributed by atoms with van der Waals surface area (Å²) < 4.78 is 0. The van der Waals surface area contributed by atoms with Gasteiger partial charge in [0.2, 0.25) is 0 Å². The van der Waals surface area contributed by atoms with Gasteiger partial charge < -0.3 is 5.11 Å². The first-order chi connectivity index (χ1) is 8.08. The Balaban J connectivity index is 2.64. The number of carboxylic acid groups (broad SMARTS) is 1. The lowest BCUT2D eigenvalue weighted by molar-refractivity contribution is 0.0697. The zero-order chi connectivity index (χ0) is 12.4. The van der Waals surface area contributed by atoms with E-state index in [0.717, 1.165) is 0 Å². The molecular weight excluding hydrogens is 263 g/mol. The Morgan fingerprint density at radius 3 is 2.29 bits per heavy atom. The van der Waals surface area contributed by atoms with E-state index in [1.165, 1.54) is 12.1 Å². The Morgan fingerprint density at radius 1 is 1.12 bits per heavy atom. The monoisotopic (exact) mass is 268 g/mol. The summed E-state index contributed by atoms with van der Waals surface area (Å²) in [5, 5.41) is 9.38. The van der Waals surface area contributed by atoms with Crippen LogP contribution in [0.5, 0.6) is 0 Å². The third kappa shape index (κ3) is 2.54. The molecule has 0 atom stereocenters. The molecule has 2 aromatic rings. The van der Waals surface area contributed by atoms with E-state index in [1.54, 1.807) is 18.2 Å². The Labute approximate surface area is 107 Å². The van der Waals surface area contributed by atoms with Crippen LogP contribution in [0.25, 0.3) is 11.4 Å². The number of carbonyl (C=O) groups is 1. The minimum Gasteiger partial charge on any atom is -0.478 e. The third-order valence-corrected chi connectivity index (χ3v) is 2.45. The molecule has 0 unspecified atom stereocenters. The zero-order valence-corrected chi connectivity index (χ0v) is 9.90. The quantitative estimate of drug-likeness (QED) is 0.850. The minimum atomic E-state index is -1.06. The van der Waals surface area contributed by atoms with Crippen LogP contribution in [0, 0.1) is 0 Å². The van der Waals surface area contributed by atoms with E-state index in [9.17, 15) is 4.79 Å². The highest BCUT2D eigenvalue weighted by Gasteiger charge is 2.13. The van der Waals surface area contributed by atoms with Crippen LogP contribution in [0.15, 0.2) is 30.3 Å². The summed E-state index contributed by atoms with van der Waals surface area (Å²) in [4.78, 5) is 19.0. The molecule has 0 aliphatic rings. The molecule has 0 amide bonds. The van der Waals surface area contributed by atoms with Gasteiger partial charge in [-0.3, -0.25) is 0 Å². The first-order valence-electron chi connectivity index (χ1n) is 4.60. The maximum absolute atomic E-state index is 11.0. The van der Waals surface area contributed by atoms with Crippen molar-refractivity contribution in [2.75, 3.05) is 0 Å². The van der Waals surface area contributed by atoms with Gasteiger partial charge in [0.25, 0.3) is 0 Å². The molecule has 0 fully saturated rings. The summed E-state index contributed by atoms with van der Waals surface area (Å²) in [7, 11) is 0. The van der Waals surface area contributed by atoms with Gasteiger partial charge in [-0.15, -0.1) is 0 Å². The smallest absolute Gasteiger partial charge is 0.336 e. The van der Waals surface area contributed by atoms with Crippen molar-refractivity contribution >= 4 is 29.2 Å². The normalized spacial score (nSPS) is 10.2. The molecular formula is C11H6Cl2N2O2. The first kappa shape index (κ1) is 11.8. The Bertz CT molecular complexity index is 567. The number of nitrogens with zero attached hydrogens (tertiary/aromatic N) is 2. The number of carboxylic acids is 1. The number of rotatable bonds is 2. The average molecular weight is 269 g/mol.